The van der Waals surface area contributed by atoms with Gasteiger partial charge in [-0.05, 0) is 25.1 Å². The lowest BCUT2D eigenvalue weighted by molar-refractivity contribution is -0.111. The monoisotopic (exact) mass is 296 g/mol. The van der Waals surface area contributed by atoms with Crippen LogP contribution in [0.2, 0.25) is 5.02 Å². The summed E-state index contributed by atoms with van der Waals surface area (Å²) in [6.07, 6.45) is 2.56. The van der Waals surface area contributed by atoms with Crippen molar-refractivity contribution in [1.29, 1.82) is 0 Å². The Balaban J connectivity index is 2.08. The normalized spacial score (nSPS) is 10.9. The molecule has 1 aromatic heterocycles. The van der Waals surface area contributed by atoms with Crippen molar-refractivity contribution in [1.82, 2.24) is 4.98 Å². The zero-order chi connectivity index (χ0) is 13.8. The van der Waals surface area contributed by atoms with Crippen LogP contribution >= 0.6 is 22.9 Å². The summed E-state index contributed by atoms with van der Waals surface area (Å²) in [5.74, 6) is -0.852. The number of thiazole rings is 1. The number of carbonyl (C=O) groups excluding carboxylic acids is 1. The van der Waals surface area contributed by atoms with Gasteiger partial charge in [0.2, 0.25) is 5.91 Å². The highest BCUT2D eigenvalue weighted by Gasteiger charge is 2.05. The molecule has 3 nitrogen and oxygen atoms in total. The van der Waals surface area contributed by atoms with Crippen molar-refractivity contribution < 1.29 is 9.18 Å². The van der Waals surface area contributed by atoms with Crippen molar-refractivity contribution in [3.8, 4) is 0 Å². The molecule has 1 heterocycles. The fourth-order valence-corrected chi connectivity index (χ4v) is 2.30. The van der Waals surface area contributed by atoms with Crippen LogP contribution in [0.1, 0.15) is 11.3 Å². The molecule has 0 atom stereocenters. The lowest BCUT2D eigenvalue weighted by Crippen LogP contribution is -2.07. The molecule has 0 saturated heterocycles. The molecule has 0 radical (unpaired) electrons. The number of nitrogens with one attached hydrogen (secondary N) is 1. The first kappa shape index (κ1) is 13.7. The molecule has 1 aromatic carbocycles. The van der Waals surface area contributed by atoms with Crippen LogP contribution in [0.25, 0.3) is 6.08 Å². The summed E-state index contributed by atoms with van der Waals surface area (Å²) in [7, 11) is 0. The second kappa shape index (κ2) is 5.95. The van der Waals surface area contributed by atoms with Gasteiger partial charge in [0, 0.05) is 17.0 Å². The van der Waals surface area contributed by atoms with Gasteiger partial charge in [-0.15, -0.1) is 11.3 Å². The van der Waals surface area contributed by atoms with E-state index in [0.29, 0.717) is 5.13 Å². The molecule has 1 amide bonds. The van der Waals surface area contributed by atoms with E-state index in [1.165, 1.54) is 35.6 Å². The van der Waals surface area contributed by atoms with E-state index in [9.17, 15) is 9.18 Å². The number of benzene rings is 1. The summed E-state index contributed by atoms with van der Waals surface area (Å²) in [5, 5.41) is 5.18. The van der Waals surface area contributed by atoms with Crippen molar-refractivity contribution in [2.45, 2.75) is 6.92 Å². The average Bonchev–Trinajstić information content (AvgIpc) is 2.74. The Hall–Kier alpha value is -1.72. The van der Waals surface area contributed by atoms with E-state index in [0.717, 1.165) is 5.69 Å². The van der Waals surface area contributed by atoms with Crippen LogP contribution in [0, 0.1) is 12.7 Å². The number of anilines is 1. The topological polar surface area (TPSA) is 42.0 Å². The Kier molecular flexibility index (Phi) is 4.29. The first-order chi connectivity index (χ1) is 9.06. The summed E-state index contributed by atoms with van der Waals surface area (Å²) in [6, 6.07) is 4.35. The summed E-state index contributed by atoms with van der Waals surface area (Å²) in [5.41, 5.74) is 1.02. The van der Waals surface area contributed by atoms with Crippen molar-refractivity contribution in [3.63, 3.8) is 0 Å². The molecule has 0 fully saturated rings. The van der Waals surface area contributed by atoms with E-state index < -0.39 is 5.82 Å². The van der Waals surface area contributed by atoms with Crippen LogP contribution in [-0.4, -0.2) is 10.9 Å². The predicted octanol–water partition coefficient (Wildman–Crippen LogP) is 3.90. The molecule has 0 unspecified atom stereocenters. The van der Waals surface area contributed by atoms with E-state index in [-0.39, 0.29) is 16.5 Å². The van der Waals surface area contributed by atoms with Crippen LogP contribution in [0.5, 0.6) is 0 Å². The zero-order valence-electron chi connectivity index (χ0n) is 9.98. The quantitative estimate of drug-likeness (QED) is 0.873. The summed E-state index contributed by atoms with van der Waals surface area (Å²) in [6.45, 7) is 1.83. The molecule has 6 heteroatoms. The van der Waals surface area contributed by atoms with Crippen molar-refractivity contribution >= 4 is 40.1 Å². The minimum Gasteiger partial charge on any atom is -0.298 e. The van der Waals surface area contributed by atoms with Crippen LogP contribution < -0.4 is 5.32 Å². The Morgan fingerprint density at radius 3 is 2.95 bits per heavy atom. The van der Waals surface area contributed by atoms with E-state index in [1.807, 2.05) is 12.3 Å². The number of carbonyl (C=O) groups is 1. The number of aryl methyl sites for hydroxylation is 1. The van der Waals surface area contributed by atoms with Crippen molar-refractivity contribution in [2.24, 2.45) is 0 Å². The van der Waals surface area contributed by atoms with Crippen molar-refractivity contribution in [3.05, 3.63) is 51.8 Å². The highest BCUT2D eigenvalue weighted by molar-refractivity contribution is 7.13. The van der Waals surface area contributed by atoms with Gasteiger partial charge < -0.3 is 0 Å². The summed E-state index contributed by atoms with van der Waals surface area (Å²) < 4.78 is 13.5. The van der Waals surface area contributed by atoms with Gasteiger partial charge >= 0.3 is 0 Å². The lowest BCUT2D eigenvalue weighted by atomic mass is 10.2. The van der Waals surface area contributed by atoms with Gasteiger partial charge in [-0.3, -0.25) is 10.1 Å². The second-order valence-corrected chi connectivity index (χ2v) is 5.02. The number of hydrogen-bond acceptors (Lipinski definition) is 3. The SMILES string of the molecule is Cc1csc(NC(=O)C=Cc2c(F)cccc2Cl)n1. The van der Waals surface area contributed by atoms with Gasteiger partial charge in [0.05, 0.1) is 10.7 Å². The Bertz CT molecular complexity index is 619. The number of amides is 1. The molecule has 0 saturated carbocycles. The van der Waals surface area contributed by atoms with Crippen LogP contribution in [0.4, 0.5) is 9.52 Å². The minimum atomic E-state index is -0.471. The largest absolute Gasteiger partial charge is 0.298 e. The van der Waals surface area contributed by atoms with Crippen molar-refractivity contribution in [2.75, 3.05) is 5.32 Å². The smallest absolute Gasteiger partial charge is 0.250 e. The number of halogens is 2. The second-order valence-electron chi connectivity index (χ2n) is 3.75. The Labute approximate surface area is 118 Å². The molecule has 2 rings (SSSR count). The maximum Gasteiger partial charge on any atom is 0.250 e. The molecule has 0 bridgehead atoms. The first-order valence-corrected chi connectivity index (χ1v) is 6.67. The Morgan fingerprint density at radius 1 is 1.53 bits per heavy atom. The molecule has 19 heavy (non-hydrogen) atoms. The van der Waals surface area contributed by atoms with Gasteiger partial charge in [-0.2, -0.15) is 0 Å². The highest BCUT2D eigenvalue weighted by atomic mass is 35.5. The number of hydrogen-bond donors (Lipinski definition) is 1. The molecule has 0 aliphatic heterocycles. The van der Waals surface area contributed by atoms with Crippen LogP contribution in [0.15, 0.2) is 29.7 Å². The first-order valence-electron chi connectivity index (χ1n) is 5.41. The lowest BCUT2D eigenvalue weighted by Gasteiger charge is -1.99. The molecule has 0 aliphatic rings. The van der Waals surface area contributed by atoms with Gasteiger partial charge in [0.25, 0.3) is 0 Å². The summed E-state index contributed by atoms with van der Waals surface area (Å²) in [4.78, 5) is 15.7. The van der Waals surface area contributed by atoms with E-state index in [1.54, 1.807) is 6.07 Å². The molecule has 0 aliphatic carbocycles. The predicted molar refractivity (Wildman–Crippen MR) is 75.9 cm³/mol. The van der Waals surface area contributed by atoms with E-state index >= 15 is 0 Å². The molecular weight excluding hydrogens is 287 g/mol. The maximum atomic E-state index is 13.5. The number of rotatable bonds is 3. The molecule has 0 spiro atoms. The number of nitrogens with zero attached hydrogens (tertiary/aromatic N) is 1. The third kappa shape index (κ3) is 3.62. The third-order valence-electron chi connectivity index (χ3n) is 2.25. The van der Waals surface area contributed by atoms with E-state index in [4.69, 9.17) is 11.6 Å². The fourth-order valence-electron chi connectivity index (χ4n) is 1.39. The highest BCUT2D eigenvalue weighted by Crippen LogP contribution is 2.20. The maximum absolute atomic E-state index is 13.5. The minimum absolute atomic E-state index is 0.189. The number of aromatic nitrogens is 1. The standard InChI is InChI=1S/C13H10ClFN2OS/c1-8-7-19-13(16-8)17-12(18)6-5-9-10(14)3-2-4-11(9)15/h2-7H,1H3,(H,16,17,18). The zero-order valence-corrected chi connectivity index (χ0v) is 11.6. The van der Waals surface area contributed by atoms with Gasteiger partial charge in [0.1, 0.15) is 5.82 Å². The molecule has 1 N–H and O–H groups in total. The Morgan fingerprint density at radius 2 is 2.32 bits per heavy atom. The fraction of sp³-hybridized carbons (Fsp3) is 0.0769. The summed E-state index contributed by atoms with van der Waals surface area (Å²) >= 11 is 7.17. The molecule has 98 valence electrons. The average molecular weight is 297 g/mol. The van der Waals surface area contributed by atoms with Gasteiger partial charge in [-0.1, -0.05) is 17.7 Å². The van der Waals surface area contributed by atoms with Crippen LogP contribution in [0.3, 0.4) is 0 Å². The molecule has 2 aromatic rings. The van der Waals surface area contributed by atoms with Gasteiger partial charge in [0.15, 0.2) is 5.13 Å². The van der Waals surface area contributed by atoms with E-state index in [2.05, 4.69) is 10.3 Å². The van der Waals surface area contributed by atoms with Crippen LogP contribution in [-0.2, 0) is 4.79 Å². The third-order valence-corrected chi connectivity index (χ3v) is 3.46. The van der Waals surface area contributed by atoms with Gasteiger partial charge in [-0.25, -0.2) is 9.37 Å². The molecular formula is C13H10ClFN2OS.